The third-order valence-electron chi connectivity index (χ3n) is 4.44. The summed E-state index contributed by atoms with van der Waals surface area (Å²) in [6, 6.07) is 0. The number of rotatable bonds is 15. The van der Waals surface area contributed by atoms with Gasteiger partial charge in [0.2, 0.25) is 0 Å². The average molecular weight is 384 g/mol. The Labute approximate surface area is 173 Å². The van der Waals surface area contributed by atoms with Crippen molar-refractivity contribution < 1.29 is 4.74 Å². The van der Waals surface area contributed by atoms with Gasteiger partial charge in [-0.05, 0) is 65.2 Å². The molecule has 0 fully saturated rings. The molecule has 0 aromatic carbocycles. The Morgan fingerprint density at radius 2 is 1.29 bits per heavy atom. The summed E-state index contributed by atoms with van der Waals surface area (Å²) in [6.07, 6.45) is 33.6. The van der Waals surface area contributed by atoms with Crippen LogP contribution in [0.25, 0.3) is 0 Å². The van der Waals surface area contributed by atoms with Crippen LogP contribution in [0.4, 0.5) is 0 Å². The monoisotopic (exact) mass is 383 g/mol. The molecular formula is C26H41NO. The predicted molar refractivity (Wildman–Crippen MR) is 125 cm³/mol. The first-order valence-corrected chi connectivity index (χ1v) is 11.1. The van der Waals surface area contributed by atoms with E-state index in [1.807, 2.05) is 0 Å². The molecule has 1 heterocycles. The van der Waals surface area contributed by atoms with E-state index in [2.05, 4.69) is 86.5 Å². The van der Waals surface area contributed by atoms with Crippen LogP contribution in [0.2, 0.25) is 0 Å². The van der Waals surface area contributed by atoms with Gasteiger partial charge in [-0.1, -0.05) is 74.1 Å². The normalized spacial score (nSPS) is 17.0. The Balaban J connectivity index is 1.91. The number of aliphatic imine (C=N–C) groups is 1. The summed E-state index contributed by atoms with van der Waals surface area (Å²) in [5.41, 5.74) is -0.00979. The molecule has 2 heteroatoms. The number of nitrogens with zero attached hydrogens (tertiary/aromatic N) is 1. The number of unbranched alkanes of at least 4 members (excludes halogenated alkanes) is 3. The van der Waals surface area contributed by atoms with Crippen molar-refractivity contribution in [2.45, 2.75) is 90.5 Å². The molecule has 0 unspecified atom stereocenters. The fourth-order valence-corrected chi connectivity index (χ4v) is 2.87. The summed E-state index contributed by atoms with van der Waals surface area (Å²) in [6.45, 7) is 7.16. The third kappa shape index (κ3) is 14.3. The minimum absolute atomic E-state index is 0.00979. The van der Waals surface area contributed by atoms with Crippen LogP contribution >= 0.6 is 0 Å². The molecule has 0 bridgehead atoms. The summed E-state index contributed by atoms with van der Waals surface area (Å²) in [4.78, 5) is 4.60. The van der Waals surface area contributed by atoms with Crippen molar-refractivity contribution in [1.82, 2.24) is 0 Å². The molecule has 0 N–H and O–H groups in total. The van der Waals surface area contributed by atoms with Crippen LogP contribution in [0.5, 0.6) is 0 Å². The first-order valence-electron chi connectivity index (χ1n) is 11.1. The summed E-state index contributed by atoms with van der Waals surface area (Å²) in [5, 5.41) is 0. The summed E-state index contributed by atoms with van der Waals surface area (Å²) in [7, 11) is 0. The predicted octanol–water partition coefficient (Wildman–Crippen LogP) is 7.90. The number of hydrogen-bond donors (Lipinski definition) is 0. The van der Waals surface area contributed by atoms with E-state index in [-0.39, 0.29) is 5.54 Å². The molecule has 1 aliphatic rings. The van der Waals surface area contributed by atoms with E-state index in [1.54, 1.807) is 0 Å². The van der Waals surface area contributed by atoms with Crippen molar-refractivity contribution in [2.24, 2.45) is 4.99 Å². The van der Waals surface area contributed by atoms with E-state index in [0.717, 1.165) is 51.0 Å². The summed E-state index contributed by atoms with van der Waals surface area (Å²) in [5.74, 6) is 0.958. The fraction of sp³-hybridized carbons (Fsp3) is 0.577. The Morgan fingerprint density at radius 1 is 0.750 bits per heavy atom. The third-order valence-corrected chi connectivity index (χ3v) is 4.44. The van der Waals surface area contributed by atoms with E-state index >= 15 is 0 Å². The molecule has 0 saturated carbocycles. The maximum absolute atomic E-state index is 5.62. The van der Waals surface area contributed by atoms with E-state index in [9.17, 15) is 0 Å². The molecule has 0 saturated heterocycles. The molecule has 0 amide bonds. The number of hydrogen-bond acceptors (Lipinski definition) is 2. The van der Waals surface area contributed by atoms with E-state index in [4.69, 9.17) is 4.74 Å². The highest BCUT2D eigenvalue weighted by molar-refractivity contribution is 5.78. The molecule has 0 atom stereocenters. The largest absolute Gasteiger partial charge is 0.478 e. The summed E-state index contributed by atoms with van der Waals surface area (Å²) < 4.78 is 5.62. The molecule has 156 valence electrons. The van der Waals surface area contributed by atoms with Crippen molar-refractivity contribution in [1.29, 1.82) is 0 Å². The van der Waals surface area contributed by atoms with Crippen molar-refractivity contribution in [3.63, 3.8) is 0 Å². The molecule has 28 heavy (non-hydrogen) atoms. The van der Waals surface area contributed by atoms with Gasteiger partial charge in [0.05, 0.1) is 5.54 Å². The lowest BCUT2D eigenvalue weighted by molar-refractivity contribution is 0.273. The summed E-state index contributed by atoms with van der Waals surface area (Å²) >= 11 is 0. The highest BCUT2D eigenvalue weighted by Gasteiger charge is 2.25. The molecule has 1 aliphatic heterocycles. The zero-order valence-electron chi connectivity index (χ0n) is 18.4. The van der Waals surface area contributed by atoms with Gasteiger partial charge >= 0.3 is 0 Å². The highest BCUT2D eigenvalue weighted by atomic mass is 16.5. The van der Waals surface area contributed by atoms with Crippen LogP contribution in [0.1, 0.15) is 85.0 Å². The van der Waals surface area contributed by atoms with Crippen LogP contribution in [0.15, 0.2) is 65.8 Å². The van der Waals surface area contributed by atoms with Gasteiger partial charge < -0.3 is 4.74 Å². The van der Waals surface area contributed by atoms with Gasteiger partial charge in [-0.3, -0.25) is 0 Å². The minimum atomic E-state index is -0.00979. The van der Waals surface area contributed by atoms with Gasteiger partial charge in [-0.15, -0.1) is 0 Å². The number of ether oxygens (including phenoxy) is 1. The average Bonchev–Trinajstić information content (AvgIpc) is 3.02. The molecule has 2 nitrogen and oxygen atoms in total. The molecule has 0 aromatic rings. The minimum Gasteiger partial charge on any atom is -0.478 e. The zero-order valence-corrected chi connectivity index (χ0v) is 18.4. The van der Waals surface area contributed by atoms with Gasteiger partial charge in [0.25, 0.3) is 0 Å². The second kappa shape index (κ2) is 16.2. The van der Waals surface area contributed by atoms with Crippen LogP contribution in [0, 0.1) is 0 Å². The smallest absolute Gasteiger partial charge is 0.183 e. The zero-order chi connectivity index (χ0) is 20.3. The van der Waals surface area contributed by atoms with Crippen molar-refractivity contribution in [2.75, 3.05) is 6.61 Å². The first kappa shape index (κ1) is 24.2. The Bertz CT molecular complexity index is 561. The standard InChI is InChI=1S/C26H41NO/c1-4-5-6-7-8-9-10-11-12-13-14-15-16-17-18-19-20-21-22-23-25-27-26(2,3)24-28-25/h5-6,8-9,11-12,14-15,17-18H,4,7,10,13,16,19-24H2,1-3H3/b6-5+,9-8+,12-11+,15-14+,18-17+. The van der Waals surface area contributed by atoms with Crippen LogP contribution < -0.4 is 0 Å². The Kier molecular flexibility index (Phi) is 14.0. The molecule has 0 radical (unpaired) electrons. The molecule has 0 aromatic heterocycles. The van der Waals surface area contributed by atoms with Crippen molar-refractivity contribution in [3.8, 4) is 0 Å². The first-order chi connectivity index (χ1) is 13.6. The lowest BCUT2D eigenvalue weighted by atomic mass is 10.1. The van der Waals surface area contributed by atoms with Gasteiger partial charge in [0, 0.05) is 6.42 Å². The maximum atomic E-state index is 5.62. The van der Waals surface area contributed by atoms with Crippen molar-refractivity contribution in [3.05, 3.63) is 60.8 Å². The van der Waals surface area contributed by atoms with Crippen LogP contribution in [-0.4, -0.2) is 18.0 Å². The second-order valence-corrected chi connectivity index (χ2v) is 7.91. The van der Waals surface area contributed by atoms with Crippen LogP contribution in [-0.2, 0) is 4.74 Å². The van der Waals surface area contributed by atoms with Gasteiger partial charge in [0.15, 0.2) is 5.90 Å². The van der Waals surface area contributed by atoms with Crippen molar-refractivity contribution >= 4 is 5.90 Å². The lowest BCUT2D eigenvalue weighted by Gasteiger charge is -2.07. The van der Waals surface area contributed by atoms with Crippen LogP contribution in [0.3, 0.4) is 0 Å². The fourth-order valence-electron chi connectivity index (χ4n) is 2.87. The number of allylic oxidation sites excluding steroid dienone is 10. The molecule has 0 spiro atoms. The highest BCUT2D eigenvalue weighted by Crippen LogP contribution is 2.19. The van der Waals surface area contributed by atoms with E-state index in [0.29, 0.717) is 0 Å². The quantitative estimate of drug-likeness (QED) is 0.208. The molecule has 0 aliphatic carbocycles. The Morgan fingerprint density at radius 3 is 1.79 bits per heavy atom. The molecular weight excluding hydrogens is 342 g/mol. The maximum Gasteiger partial charge on any atom is 0.183 e. The SMILES string of the molecule is CC/C=C/C/C=C/C/C=C/C/C=C/C/C=C/CCCCCC1=NC(C)(C)CO1. The molecule has 1 rings (SSSR count). The van der Waals surface area contributed by atoms with E-state index < -0.39 is 0 Å². The van der Waals surface area contributed by atoms with Gasteiger partial charge in [-0.2, -0.15) is 0 Å². The van der Waals surface area contributed by atoms with E-state index in [1.165, 1.54) is 25.7 Å². The topological polar surface area (TPSA) is 21.6 Å². The second-order valence-electron chi connectivity index (χ2n) is 7.91. The van der Waals surface area contributed by atoms with Gasteiger partial charge in [-0.25, -0.2) is 4.99 Å². The Hall–Kier alpha value is -1.83. The lowest BCUT2D eigenvalue weighted by Crippen LogP contribution is -2.17. The van der Waals surface area contributed by atoms with Gasteiger partial charge in [0.1, 0.15) is 6.61 Å².